The Balaban J connectivity index is 1.29. The summed E-state index contributed by atoms with van der Waals surface area (Å²) in [5.41, 5.74) is 4.69. The van der Waals surface area contributed by atoms with E-state index in [0.29, 0.717) is 0 Å². The van der Waals surface area contributed by atoms with Crippen molar-refractivity contribution in [2.75, 3.05) is 26.0 Å². The molecule has 0 aromatic heterocycles. The summed E-state index contributed by atoms with van der Waals surface area (Å²) in [6.45, 7) is 12.9. The quantitative estimate of drug-likeness (QED) is 0.0211. The maximum Gasteiger partial charge on any atom is 0.407 e. The number of carbonyl (C=O) groups is 8. The topological polar surface area (TPSA) is 234 Å². The van der Waals surface area contributed by atoms with E-state index in [9.17, 15) is 33.6 Å². The number of nitrogens with one attached hydrogen (secondary N) is 5. The van der Waals surface area contributed by atoms with Gasteiger partial charge in [0.2, 0.25) is 23.6 Å². The number of hydrogen-bond acceptors (Lipinski definition) is 13. The van der Waals surface area contributed by atoms with Crippen molar-refractivity contribution in [3.05, 3.63) is 167 Å². The van der Waals surface area contributed by atoms with Gasteiger partial charge in [0, 0.05) is 18.1 Å². The molecule has 5 aromatic carbocycles. The van der Waals surface area contributed by atoms with Crippen LogP contribution in [-0.4, -0.2) is 109 Å². The molecule has 1 aliphatic carbocycles. The summed E-state index contributed by atoms with van der Waals surface area (Å²) in [6.07, 6.45) is -1.99. The van der Waals surface area contributed by atoms with Crippen LogP contribution in [0.3, 0.4) is 0 Å². The Morgan fingerprint density at radius 2 is 1.01 bits per heavy atom. The Morgan fingerprint density at radius 1 is 0.543 bits per heavy atom. The molecule has 5 N–H and O–H groups in total. The molecule has 0 saturated heterocycles. The molecule has 0 saturated carbocycles. The number of carbonyl (C=O) groups excluding carboxylic acids is 8. The lowest BCUT2D eigenvalue weighted by Gasteiger charge is -2.36. The number of methoxy groups -OCH3 is 1. The van der Waals surface area contributed by atoms with Gasteiger partial charge in [0.15, 0.2) is 0 Å². The predicted molar refractivity (Wildman–Crippen MR) is 309 cm³/mol. The van der Waals surface area contributed by atoms with Gasteiger partial charge in [-0.05, 0) is 99.2 Å². The Hall–Kier alpha value is -7.99. The Kier molecular flexibility index (Phi) is 21.8. The summed E-state index contributed by atoms with van der Waals surface area (Å²) >= 11 is 1.33. The van der Waals surface area contributed by atoms with Crippen LogP contribution in [-0.2, 0) is 57.3 Å². The number of hydrogen-bond donors (Lipinski definition) is 5. The van der Waals surface area contributed by atoms with Crippen LogP contribution in [0.15, 0.2) is 140 Å². The van der Waals surface area contributed by atoms with Crippen molar-refractivity contribution >= 4 is 59.4 Å². The van der Waals surface area contributed by atoms with Gasteiger partial charge in [0.1, 0.15) is 42.0 Å². The largest absolute Gasteiger partial charge is 0.467 e. The maximum atomic E-state index is 15.0. The van der Waals surface area contributed by atoms with Gasteiger partial charge in [-0.3, -0.25) is 28.8 Å². The maximum absolute atomic E-state index is 15.0. The zero-order valence-corrected chi connectivity index (χ0v) is 48.3. The van der Waals surface area contributed by atoms with Crippen molar-refractivity contribution in [1.29, 1.82) is 0 Å². The zero-order valence-electron chi connectivity index (χ0n) is 47.5. The van der Waals surface area contributed by atoms with Gasteiger partial charge in [-0.15, -0.1) is 11.8 Å². The van der Waals surface area contributed by atoms with Gasteiger partial charge < -0.3 is 45.5 Å². The molecule has 18 heteroatoms. The van der Waals surface area contributed by atoms with Crippen LogP contribution in [0, 0.1) is 5.92 Å². The SMILES string of the molecule is COC(=O)[C@H](CC(C)C)NC(=O)[C@H](CCC(=O)OC(C)(C)C)NC(=O)[C@H](CSC(c1ccccc1)(c1ccccc1)c1ccccc1)NC(=O)CNC(=O)[C@H](CC(=O)OC(C)(C)C)NC(=O)OCC1c2ccccc2-c2ccccc21. The second-order valence-electron chi connectivity index (χ2n) is 22.1. The molecule has 81 heavy (non-hydrogen) atoms. The molecule has 0 heterocycles. The highest BCUT2D eigenvalue weighted by Crippen LogP contribution is 2.49. The normalized spacial score (nSPS) is 13.7. The molecule has 0 fully saturated rings. The highest BCUT2D eigenvalue weighted by molar-refractivity contribution is 8.00. The third-order valence-electron chi connectivity index (χ3n) is 13.0. The highest BCUT2D eigenvalue weighted by Gasteiger charge is 2.40. The van der Waals surface area contributed by atoms with E-state index < -0.39 is 101 Å². The Morgan fingerprint density at radius 3 is 1.51 bits per heavy atom. The number of amides is 5. The first-order valence-electron chi connectivity index (χ1n) is 27.1. The molecule has 0 bridgehead atoms. The molecule has 4 atom stereocenters. The van der Waals surface area contributed by atoms with E-state index in [0.717, 1.165) is 38.9 Å². The summed E-state index contributed by atoms with van der Waals surface area (Å²) in [7, 11) is 1.19. The van der Waals surface area contributed by atoms with Crippen molar-refractivity contribution in [3.8, 4) is 11.1 Å². The fourth-order valence-electron chi connectivity index (χ4n) is 9.53. The Bertz CT molecular complexity index is 2840. The van der Waals surface area contributed by atoms with Crippen LogP contribution >= 0.6 is 11.8 Å². The lowest BCUT2D eigenvalue weighted by molar-refractivity contribution is -0.157. The van der Waals surface area contributed by atoms with Crippen LogP contribution in [0.2, 0.25) is 0 Å². The molecular formula is C63H75N5O12S. The Labute approximate surface area is 478 Å². The monoisotopic (exact) mass is 1130 g/mol. The molecule has 0 aliphatic heterocycles. The van der Waals surface area contributed by atoms with E-state index in [1.54, 1.807) is 41.5 Å². The molecule has 5 amide bonds. The molecule has 1 aliphatic rings. The molecule has 0 radical (unpaired) electrons. The van der Waals surface area contributed by atoms with Crippen LogP contribution in [0.1, 0.15) is 115 Å². The van der Waals surface area contributed by atoms with Crippen LogP contribution < -0.4 is 26.6 Å². The number of benzene rings is 5. The number of rotatable bonds is 25. The molecule has 5 aromatic rings. The summed E-state index contributed by atoms with van der Waals surface area (Å²) in [6, 6.07) is 38.9. The number of esters is 3. The van der Waals surface area contributed by atoms with Gasteiger partial charge in [-0.25, -0.2) is 9.59 Å². The summed E-state index contributed by atoms with van der Waals surface area (Å²) in [4.78, 5) is 111. The van der Waals surface area contributed by atoms with E-state index >= 15 is 4.79 Å². The fraction of sp³-hybridized carbons (Fsp3) is 0.397. The van der Waals surface area contributed by atoms with Crippen molar-refractivity contribution in [1.82, 2.24) is 26.6 Å². The van der Waals surface area contributed by atoms with E-state index in [1.165, 1.54) is 18.9 Å². The van der Waals surface area contributed by atoms with Gasteiger partial charge in [-0.1, -0.05) is 153 Å². The standard InChI is InChI=1S/C63H75N5O12S/c1-40(2)35-51(59(75)77-9)67-57(73)49(33-34-54(70)79-61(3,4)5)66-58(74)52(39-81-63(41-23-13-10-14-24-41,42-25-15-11-16-26-42)43-27-17-12-18-28-43)65-53(69)37-64-56(72)50(36-55(71)80-62(6,7)8)68-60(76)78-38-48-46-31-21-19-29-44(46)45-30-20-22-32-47(45)48/h10-32,40,48-52H,33-39H2,1-9H3,(H,64,72)(H,65,69)(H,66,74)(H,67,73)(H,68,76)/t49-,50-,51-,52-/m0/s1. The molecule has 430 valence electrons. The average molecular weight is 1130 g/mol. The summed E-state index contributed by atoms with van der Waals surface area (Å²) < 4.78 is 20.8. The highest BCUT2D eigenvalue weighted by atomic mass is 32.2. The second-order valence-corrected chi connectivity index (χ2v) is 23.4. The number of ether oxygens (including phenoxy) is 4. The van der Waals surface area contributed by atoms with Gasteiger partial charge in [0.05, 0.1) is 24.8 Å². The minimum atomic E-state index is -1.57. The number of fused-ring (bicyclic) bond motifs is 3. The predicted octanol–water partition coefficient (Wildman–Crippen LogP) is 8.26. The van der Waals surface area contributed by atoms with Crippen molar-refractivity contribution in [2.24, 2.45) is 5.92 Å². The van der Waals surface area contributed by atoms with Crippen molar-refractivity contribution < 1.29 is 57.3 Å². The first kappa shape index (κ1) is 62.2. The smallest absolute Gasteiger partial charge is 0.407 e. The van der Waals surface area contributed by atoms with E-state index in [2.05, 4.69) is 26.6 Å². The number of thioether (sulfide) groups is 1. The summed E-state index contributed by atoms with van der Waals surface area (Å²) in [5.74, 6) is -6.10. The third-order valence-corrected chi connectivity index (χ3v) is 14.7. The molecule has 0 spiro atoms. The van der Waals surface area contributed by atoms with Crippen molar-refractivity contribution in [2.45, 2.75) is 127 Å². The lowest BCUT2D eigenvalue weighted by atomic mass is 9.84. The van der Waals surface area contributed by atoms with E-state index in [4.69, 9.17) is 18.9 Å². The van der Waals surface area contributed by atoms with Gasteiger partial charge in [0.25, 0.3) is 0 Å². The minimum Gasteiger partial charge on any atom is -0.467 e. The minimum absolute atomic E-state index is 0.0586. The molecule has 17 nitrogen and oxygen atoms in total. The molecule has 6 rings (SSSR count). The zero-order chi connectivity index (χ0) is 58.9. The molecule has 0 unspecified atom stereocenters. The summed E-state index contributed by atoms with van der Waals surface area (Å²) in [5, 5.41) is 13.2. The first-order chi connectivity index (χ1) is 38.5. The van der Waals surface area contributed by atoms with Crippen LogP contribution in [0.4, 0.5) is 4.79 Å². The van der Waals surface area contributed by atoms with E-state index in [1.807, 2.05) is 153 Å². The second kappa shape index (κ2) is 28.4. The molecular weight excluding hydrogens is 1050 g/mol. The van der Waals surface area contributed by atoms with Crippen LogP contribution in [0.5, 0.6) is 0 Å². The van der Waals surface area contributed by atoms with Gasteiger partial charge in [-0.2, -0.15) is 0 Å². The van der Waals surface area contributed by atoms with E-state index in [-0.39, 0.29) is 43.5 Å². The fourth-order valence-corrected chi connectivity index (χ4v) is 11.1. The lowest BCUT2D eigenvalue weighted by Crippen LogP contribution is -2.58. The number of alkyl carbamates (subject to hydrolysis) is 1. The first-order valence-corrected chi connectivity index (χ1v) is 28.1. The van der Waals surface area contributed by atoms with Crippen LogP contribution in [0.25, 0.3) is 11.1 Å². The third kappa shape index (κ3) is 17.8. The van der Waals surface area contributed by atoms with Gasteiger partial charge >= 0.3 is 24.0 Å². The van der Waals surface area contributed by atoms with Crippen molar-refractivity contribution in [3.63, 3.8) is 0 Å². The average Bonchev–Trinajstić information content (AvgIpc) is 3.97.